The lowest BCUT2D eigenvalue weighted by atomic mass is 10.1. The number of aryl methyl sites for hydroxylation is 1. The number of nitrogens with one attached hydrogen (secondary N) is 2. The van der Waals surface area contributed by atoms with Crippen molar-refractivity contribution in [2.24, 2.45) is 0 Å². The van der Waals surface area contributed by atoms with Crippen LogP contribution in [0, 0.1) is 0 Å². The Labute approximate surface area is 98.7 Å². The third kappa shape index (κ3) is 6.53. The van der Waals surface area contributed by atoms with Gasteiger partial charge in [0.2, 0.25) is 0 Å². The van der Waals surface area contributed by atoms with Crippen LogP contribution in [0.25, 0.3) is 0 Å². The van der Waals surface area contributed by atoms with Gasteiger partial charge in [0.25, 0.3) is 0 Å². The van der Waals surface area contributed by atoms with E-state index in [0.29, 0.717) is 6.04 Å². The first kappa shape index (κ1) is 13.1. The quantitative estimate of drug-likeness (QED) is 0.655. The van der Waals surface area contributed by atoms with Gasteiger partial charge in [0.15, 0.2) is 0 Å². The van der Waals surface area contributed by atoms with E-state index < -0.39 is 0 Å². The summed E-state index contributed by atoms with van der Waals surface area (Å²) in [6, 6.07) is 4.75. The Balaban J connectivity index is 1.93. The van der Waals surface area contributed by atoms with Crippen LogP contribution in [0.2, 0.25) is 0 Å². The van der Waals surface area contributed by atoms with E-state index in [9.17, 15) is 0 Å². The summed E-state index contributed by atoms with van der Waals surface area (Å²) in [5, 5.41) is 6.82. The Hall–Kier alpha value is -0.930. The van der Waals surface area contributed by atoms with Crippen molar-refractivity contribution in [1.82, 2.24) is 15.6 Å². The minimum Gasteiger partial charge on any atom is -0.315 e. The standard InChI is InChI=1S/C13H23N3/c1-12(2)16-11-10-14-7-3-4-13-5-8-15-9-6-13/h5-6,8-9,12,14,16H,3-4,7,10-11H2,1-2H3. The first-order chi connectivity index (χ1) is 7.79. The van der Waals surface area contributed by atoms with Crippen LogP contribution in [0.15, 0.2) is 24.5 Å². The zero-order valence-electron chi connectivity index (χ0n) is 10.4. The predicted octanol–water partition coefficient (Wildman–Crippen LogP) is 1.60. The van der Waals surface area contributed by atoms with Crippen LogP contribution in [0.5, 0.6) is 0 Å². The van der Waals surface area contributed by atoms with Gasteiger partial charge >= 0.3 is 0 Å². The van der Waals surface area contributed by atoms with Gasteiger partial charge < -0.3 is 10.6 Å². The molecule has 0 saturated carbocycles. The molecule has 0 spiro atoms. The van der Waals surface area contributed by atoms with Crippen molar-refractivity contribution in [3.8, 4) is 0 Å². The zero-order valence-corrected chi connectivity index (χ0v) is 10.4. The minimum absolute atomic E-state index is 0.582. The maximum Gasteiger partial charge on any atom is 0.0270 e. The molecule has 0 bridgehead atoms. The molecule has 1 rings (SSSR count). The van der Waals surface area contributed by atoms with Crippen molar-refractivity contribution in [3.05, 3.63) is 30.1 Å². The van der Waals surface area contributed by atoms with Crippen LogP contribution in [-0.4, -0.2) is 30.7 Å². The van der Waals surface area contributed by atoms with Crippen LogP contribution in [0.1, 0.15) is 25.8 Å². The molecule has 1 aromatic heterocycles. The highest BCUT2D eigenvalue weighted by molar-refractivity contribution is 5.09. The van der Waals surface area contributed by atoms with E-state index in [-0.39, 0.29) is 0 Å². The monoisotopic (exact) mass is 221 g/mol. The Bertz CT molecular complexity index is 259. The van der Waals surface area contributed by atoms with Gasteiger partial charge in [-0.3, -0.25) is 4.98 Å². The molecule has 0 saturated heterocycles. The van der Waals surface area contributed by atoms with Gasteiger partial charge in [-0.25, -0.2) is 0 Å². The molecular weight excluding hydrogens is 198 g/mol. The van der Waals surface area contributed by atoms with Crippen molar-refractivity contribution in [3.63, 3.8) is 0 Å². The van der Waals surface area contributed by atoms with Gasteiger partial charge in [-0.1, -0.05) is 13.8 Å². The molecule has 0 unspecified atom stereocenters. The van der Waals surface area contributed by atoms with Gasteiger partial charge in [0.1, 0.15) is 0 Å². The first-order valence-corrected chi connectivity index (χ1v) is 6.12. The van der Waals surface area contributed by atoms with Gasteiger partial charge in [-0.05, 0) is 37.1 Å². The fourth-order valence-corrected chi connectivity index (χ4v) is 1.54. The molecular formula is C13H23N3. The largest absolute Gasteiger partial charge is 0.315 e. The second kappa shape index (κ2) is 8.25. The zero-order chi connectivity index (χ0) is 11.6. The average molecular weight is 221 g/mol. The summed E-state index contributed by atoms with van der Waals surface area (Å²) in [6.45, 7) is 7.52. The molecule has 2 N–H and O–H groups in total. The number of aromatic nitrogens is 1. The lowest BCUT2D eigenvalue weighted by Crippen LogP contribution is -2.32. The molecule has 0 atom stereocenters. The van der Waals surface area contributed by atoms with Gasteiger partial charge in [0.05, 0.1) is 0 Å². The maximum atomic E-state index is 4.01. The van der Waals surface area contributed by atoms with E-state index >= 15 is 0 Å². The molecule has 0 aliphatic rings. The molecule has 3 heteroatoms. The lowest BCUT2D eigenvalue weighted by Gasteiger charge is -2.08. The fourth-order valence-electron chi connectivity index (χ4n) is 1.54. The van der Waals surface area contributed by atoms with Crippen molar-refractivity contribution in [2.45, 2.75) is 32.7 Å². The SMILES string of the molecule is CC(C)NCCNCCCc1ccncc1. The van der Waals surface area contributed by atoms with Crippen LogP contribution in [0.3, 0.4) is 0 Å². The summed E-state index contributed by atoms with van der Waals surface area (Å²) in [7, 11) is 0. The Morgan fingerprint density at radius 1 is 1.12 bits per heavy atom. The third-order valence-corrected chi connectivity index (χ3v) is 2.42. The molecule has 0 aromatic carbocycles. The fraction of sp³-hybridized carbons (Fsp3) is 0.615. The normalized spacial score (nSPS) is 10.9. The van der Waals surface area contributed by atoms with E-state index in [1.165, 1.54) is 12.0 Å². The van der Waals surface area contributed by atoms with Crippen molar-refractivity contribution >= 4 is 0 Å². The number of hydrogen-bond acceptors (Lipinski definition) is 3. The number of hydrogen-bond donors (Lipinski definition) is 2. The highest BCUT2D eigenvalue weighted by Gasteiger charge is 1.93. The molecule has 0 aliphatic heterocycles. The lowest BCUT2D eigenvalue weighted by molar-refractivity contribution is 0.550. The summed E-state index contributed by atoms with van der Waals surface area (Å²) >= 11 is 0. The number of pyridine rings is 1. The number of rotatable bonds is 8. The predicted molar refractivity (Wildman–Crippen MR) is 68.6 cm³/mol. The van der Waals surface area contributed by atoms with E-state index in [1.807, 2.05) is 12.4 Å². The molecule has 0 aliphatic carbocycles. The van der Waals surface area contributed by atoms with E-state index in [4.69, 9.17) is 0 Å². The van der Waals surface area contributed by atoms with Gasteiger partial charge in [-0.2, -0.15) is 0 Å². The van der Waals surface area contributed by atoms with Crippen molar-refractivity contribution < 1.29 is 0 Å². The summed E-state index contributed by atoms with van der Waals surface area (Å²) < 4.78 is 0. The summed E-state index contributed by atoms with van der Waals surface area (Å²) in [5.74, 6) is 0. The van der Waals surface area contributed by atoms with E-state index in [0.717, 1.165) is 26.1 Å². The Morgan fingerprint density at radius 2 is 1.88 bits per heavy atom. The summed E-state index contributed by atoms with van der Waals surface area (Å²) in [5.41, 5.74) is 1.37. The van der Waals surface area contributed by atoms with Crippen LogP contribution in [0.4, 0.5) is 0 Å². The van der Waals surface area contributed by atoms with Crippen LogP contribution in [-0.2, 0) is 6.42 Å². The van der Waals surface area contributed by atoms with Gasteiger partial charge in [0, 0.05) is 31.5 Å². The smallest absolute Gasteiger partial charge is 0.0270 e. The van der Waals surface area contributed by atoms with Gasteiger partial charge in [-0.15, -0.1) is 0 Å². The topological polar surface area (TPSA) is 37.0 Å². The minimum atomic E-state index is 0.582. The number of nitrogens with zero attached hydrogens (tertiary/aromatic N) is 1. The summed E-state index contributed by atoms with van der Waals surface area (Å²) in [4.78, 5) is 4.01. The molecule has 3 nitrogen and oxygen atoms in total. The second-order valence-electron chi connectivity index (χ2n) is 4.32. The van der Waals surface area contributed by atoms with Crippen LogP contribution < -0.4 is 10.6 Å². The third-order valence-electron chi connectivity index (χ3n) is 2.42. The highest BCUT2D eigenvalue weighted by Crippen LogP contribution is 1.99. The summed E-state index contributed by atoms with van der Waals surface area (Å²) in [6.07, 6.45) is 6.03. The molecule has 0 radical (unpaired) electrons. The van der Waals surface area contributed by atoms with Crippen molar-refractivity contribution in [2.75, 3.05) is 19.6 Å². The van der Waals surface area contributed by atoms with Crippen LogP contribution >= 0.6 is 0 Å². The Morgan fingerprint density at radius 3 is 2.56 bits per heavy atom. The highest BCUT2D eigenvalue weighted by atomic mass is 14.9. The Kier molecular flexibility index (Phi) is 6.77. The maximum absolute atomic E-state index is 4.01. The molecule has 1 aromatic rings. The average Bonchev–Trinajstić information content (AvgIpc) is 2.29. The molecule has 0 amide bonds. The molecule has 1 heterocycles. The first-order valence-electron chi connectivity index (χ1n) is 6.12. The second-order valence-corrected chi connectivity index (χ2v) is 4.32. The molecule has 16 heavy (non-hydrogen) atoms. The van der Waals surface area contributed by atoms with Crippen molar-refractivity contribution in [1.29, 1.82) is 0 Å². The van der Waals surface area contributed by atoms with E-state index in [2.05, 4.69) is 41.6 Å². The molecule has 90 valence electrons. The molecule has 0 fully saturated rings. The van der Waals surface area contributed by atoms with E-state index in [1.54, 1.807) is 0 Å².